The molecule has 10 heteroatoms. The molecule has 0 amide bonds. The van der Waals surface area contributed by atoms with Gasteiger partial charge in [0.15, 0.2) is 17.3 Å². The molecule has 8 nitrogen and oxygen atoms in total. The third-order valence-corrected chi connectivity index (χ3v) is 4.26. The number of aromatic nitrogens is 7. The van der Waals surface area contributed by atoms with Crippen molar-refractivity contribution in [2.75, 3.05) is 0 Å². The highest BCUT2D eigenvalue weighted by molar-refractivity contribution is 5.75. The van der Waals surface area contributed by atoms with Gasteiger partial charge in [-0.15, -0.1) is 5.10 Å². The Hall–Kier alpha value is -3.43. The van der Waals surface area contributed by atoms with E-state index in [1.165, 1.54) is 29.3 Å². The molecule has 4 rings (SSSR count). The third kappa shape index (κ3) is 2.88. The zero-order valence-corrected chi connectivity index (χ0v) is 14.7. The molecule has 0 spiro atoms. The molecule has 2 N–H and O–H groups in total. The van der Waals surface area contributed by atoms with Crippen LogP contribution in [-0.2, 0) is 5.92 Å². The molecule has 27 heavy (non-hydrogen) atoms. The zero-order chi connectivity index (χ0) is 19.3. The number of H-pyrrole nitrogens is 2. The summed E-state index contributed by atoms with van der Waals surface area (Å²) in [4.78, 5) is 23.3. The minimum Gasteiger partial charge on any atom is -0.303 e. The van der Waals surface area contributed by atoms with Gasteiger partial charge in [-0.05, 0) is 37.1 Å². The molecular formula is C17H15F2N7O. The van der Waals surface area contributed by atoms with Crippen LogP contribution in [0.15, 0.2) is 29.5 Å². The van der Waals surface area contributed by atoms with Crippen molar-refractivity contribution in [1.29, 1.82) is 0 Å². The van der Waals surface area contributed by atoms with Crippen molar-refractivity contribution in [2.45, 2.75) is 26.7 Å². The number of alkyl halides is 2. The monoisotopic (exact) mass is 371 g/mol. The summed E-state index contributed by atoms with van der Waals surface area (Å²) in [7, 11) is 0. The van der Waals surface area contributed by atoms with Crippen molar-refractivity contribution in [3.05, 3.63) is 51.7 Å². The van der Waals surface area contributed by atoms with Crippen molar-refractivity contribution in [3.63, 3.8) is 0 Å². The zero-order valence-electron chi connectivity index (χ0n) is 14.7. The van der Waals surface area contributed by atoms with Crippen LogP contribution in [0.1, 0.15) is 23.6 Å². The minimum absolute atomic E-state index is 0.0680. The van der Waals surface area contributed by atoms with Crippen LogP contribution < -0.4 is 5.56 Å². The Bertz CT molecular complexity index is 1180. The van der Waals surface area contributed by atoms with E-state index < -0.39 is 5.92 Å². The molecule has 0 aliphatic heterocycles. The van der Waals surface area contributed by atoms with Crippen LogP contribution in [0.4, 0.5) is 8.78 Å². The van der Waals surface area contributed by atoms with Crippen LogP contribution in [0.3, 0.4) is 0 Å². The molecule has 4 aromatic rings. The number of nitrogens with zero attached hydrogens (tertiary/aromatic N) is 5. The quantitative estimate of drug-likeness (QED) is 0.576. The third-order valence-electron chi connectivity index (χ3n) is 4.26. The van der Waals surface area contributed by atoms with Crippen LogP contribution in [0.25, 0.3) is 28.4 Å². The first-order valence-electron chi connectivity index (χ1n) is 8.09. The van der Waals surface area contributed by atoms with E-state index in [4.69, 9.17) is 0 Å². The molecule has 0 radical (unpaired) electrons. The highest BCUT2D eigenvalue weighted by Crippen LogP contribution is 2.31. The van der Waals surface area contributed by atoms with Crippen molar-refractivity contribution in [1.82, 2.24) is 34.9 Å². The van der Waals surface area contributed by atoms with Crippen LogP contribution in [0.2, 0.25) is 0 Å². The molecule has 3 aromatic heterocycles. The molecule has 0 atom stereocenters. The molecule has 0 aliphatic rings. The lowest BCUT2D eigenvalue weighted by molar-refractivity contribution is 0.0173. The highest BCUT2D eigenvalue weighted by Gasteiger charge is 2.26. The molecule has 0 fully saturated rings. The topological polar surface area (TPSA) is 105 Å². The molecule has 0 saturated heterocycles. The summed E-state index contributed by atoms with van der Waals surface area (Å²) in [5, 5.41) is 11.0. The van der Waals surface area contributed by atoms with Crippen LogP contribution >= 0.6 is 0 Å². The fraction of sp³-hybridized carbons (Fsp3) is 0.235. The molecule has 0 bridgehead atoms. The SMILES string of the molecule is Cc1cc(C(C)(F)F)cc(C)c1-n1cc2c(=O)[nH]c(-c3ncn[nH]3)nc2n1. The first kappa shape index (κ1) is 17.0. The summed E-state index contributed by atoms with van der Waals surface area (Å²) in [6, 6.07) is 2.85. The van der Waals surface area contributed by atoms with Gasteiger partial charge in [0, 0.05) is 18.7 Å². The van der Waals surface area contributed by atoms with Crippen molar-refractivity contribution >= 4 is 11.0 Å². The van der Waals surface area contributed by atoms with Crippen LogP contribution in [-0.4, -0.2) is 34.9 Å². The normalized spacial score (nSPS) is 12.0. The molecular weight excluding hydrogens is 356 g/mol. The van der Waals surface area contributed by atoms with E-state index in [0.29, 0.717) is 22.6 Å². The molecule has 138 valence electrons. The van der Waals surface area contributed by atoms with Gasteiger partial charge in [-0.25, -0.2) is 23.4 Å². The predicted molar refractivity (Wildman–Crippen MR) is 93.9 cm³/mol. The lowest BCUT2D eigenvalue weighted by Crippen LogP contribution is -2.10. The Kier molecular flexibility index (Phi) is 3.65. The molecule has 0 saturated carbocycles. The van der Waals surface area contributed by atoms with Gasteiger partial charge in [0.05, 0.1) is 5.69 Å². The van der Waals surface area contributed by atoms with E-state index in [-0.39, 0.29) is 28.0 Å². The Morgan fingerprint density at radius 1 is 1.15 bits per heavy atom. The highest BCUT2D eigenvalue weighted by atomic mass is 19.3. The summed E-state index contributed by atoms with van der Waals surface area (Å²) < 4.78 is 28.8. The second-order valence-electron chi connectivity index (χ2n) is 6.41. The first-order chi connectivity index (χ1) is 12.7. The van der Waals surface area contributed by atoms with E-state index in [1.54, 1.807) is 13.8 Å². The summed E-state index contributed by atoms with van der Waals surface area (Å²) in [5.74, 6) is -2.41. The van der Waals surface area contributed by atoms with Gasteiger partial charge in [-0.2, -0.15) is 5.10 Å². The standard InChI is InChI=1S/C17H15F2N7O/c1-8-4-10(17(3,18)19)5-9(2)12(8)26-6-11-13(25-26)22-15(23-16(11)27)14-20-7-21-24-14/h4-7H,1-3H3,(H,20,21,24)(H,22,23,25,27). The maximum Gasteiger partial charge on any atom is 0.270 e. The van der Waals surface area contributed by atoms with E-state index in [9.17, 15) is 13.6 Å². The lowest BCUT2D eigenvalue weighted by atomic mass is 10.0. The number of hydrogen-bond donors (Lipinski definition) is 2. The summed E-state index contributed by atoms with van der Waals surface area (Å²) >= 11 is 0. The number of aryl methyl sites for hydroxylation is 2. The molecule has 3 heterocycles. The van der Waals surface area contributed by atoms with Gasteiger partial charge < -0.3 is 4.98 Å². The van der Waals surface area contributed by atoms with Crippen LogP contribution in [0.5, 0.6) is 0 Å². The Balaban J connectivity index is 1.88. The number of benzene rings is 1. The van der Waals surface area contributed by atoms with Gasteiger partial charge in [-0.3, -0.25) is 9.89 Å². The smallest absolute Gasteiger partial charge is 0.270 e. The van der Waals surface area contributed by atoms with Crippen molar-refractivity contribution < 1.29 is 8.78 Å². The number of rotatable bonds is 3. The number of aromatic amines is 2. The van der Waals surface area contributed by atoms with Crippen molar-refractivity contribution in [3.8, 4) is 17.3 Å². The Morgan fingerprint density at radius 3 is 2.44 bits per heavy atom. The molecule has 1 aromatic carbocycles. The number of fused-ring (bicyclic) bond motifs is 1. The number of halogens is 2. The predicted octanol–water partition coefficient (Wildman–Crippen LogP) is 2.62. The van der Waals surface area contributed by atoms with Gasteiger partial charge >= 0.3 is 0 Å². The summed E-state index contributed by atoms with van der Waals surface area (Å²) in [5.41, 5.74) is 1.62. The van der Waals surface area contributed by atoms with Gasteiger partial charge in [0.2, 0.25) is 0 Å². The van der Waals surface area contributed by atoms with E-state index >= 15 is 0 Å². The van der Waals surface area contributed by atoms with E-state index in [0.717, 1.165) is 6.92 Å². The molecule has 0 aliphatic carbocycles. The Morgan fingerprint density at radius 2 is 1.85 bits per heavy atom. The largest absolute Gasteiger partial charge is 0.303 e. The summed E-state index contributed by atoms with van der Waals surface area (Å²) in [6.45, 7) is 4.31. The maximum atomic E-state index is 13.7. The van der Waals surface area contributed by atoms with Gasteiger partial charge in [0.1, 0.15) is 11.7 Å². The second-order valence-corrected chi connectivity index (χ2v) is 6.41. The second kappa shape index (κ2) is 5.79. The fourth-order valence-corrected chi connectivity index (χ4v) is 3.03. The average molecular weight is 371 g/mol. The van der Waals surface area contributed by atoms with Gasteiger partial charge in [-0.1, -0.05) is 0 Å². The fourth-order valence-electron chi connectivity index (χ4n) is 3.03. The Labute approximate surface area is 151 Å². The number of hydrogen-bond acceptors (Lipinski definition) is 5. The van der Waals surface area contributed by atoms with Crippen LogP contribution in [0, 0.1) is 13.8 Å². The summed E-state index contributed by atoms with van der Waals surface area (Å²) in [6.07, 6.45) is 2.83. The number of nitrogens with one attached hydrogen (secondary N) is 2. The maximum absolute atomic E-state index is 13.7. The lowest BCUT2D eigenvalue weighted by Gasteiger charge is -2.16. The minimum atomic E-state index is -2.94. The van der Waals surface area contributed by atoms with Crippen molar-refractivity contribution in [2.24, 2.45) is 0 Å². The van der Waals surface area contributed by atoms with E-state index in [1.807, 2.05) is 0 Å². The van der Waals surface area contributed by atoms with Gasteiger partial charge in [0.25, 0.3) is 11.5 Å². The van der Waals surface area contributed by atoms with E-state index in [2.05, 4.69) is 30.2 Å². The molecule has 0 unspecified atom stereocenters. The first-order valence-corrected chi connectivity index (χ1v) is 8.09. The average Bonchev–Trinajstić information content (AvgIpc) is 3.22.